The Hall–Kier alpha value is -1.94. The maximum atomic E-state index is 5.84. The van der Waals surface area contributed by atoms with Crippen LogP contribution in [0.1, 0.15) is 25.4 Å². The molecule has 0 saturated carbocycles. The van der Waals surface area contributed by atoms with E-state index < -0.39 is 0 Å². The van der Waals surface area contributed by atoms with Crippen LogP contribution in [0.2, 0.25) is 0 Å². The van der Waals surface area contributed by atoms with Crippen LogP contribution in [-0.2, 0) is 13.1 Å². The second kappa shape index (κ2) is 7.18. The number of nitrogens with zero attached hydrogens (tertiary/aromatic N) is 1. The standard InChI is InChI=1S/C17H24N2O2/c1-13(2)18-11-16-9-10-17(21-16)12-19(3)14-5-7-15(20-4)8-6-14/h5-10,13,18H,11-12H2,1-4H3. The van der Waals surface area contributed by atoms with Crippen LogP contribution >= 0.6 is 0 Å². The van der Waals surface area contributed by atoms with E-state index in [2.05, 4.69) is 31.1 Å². The summed E-state index contributed by atoms with van der Waals surface area (Å²) in [5.74, 6) is 2.81. The summed E-state index contributed by atoms with van der Waals surface area (Å²) in [4.78, 5) is 2.15. The molecule has 0 fully saturated rings. The SMILES string of the molecule is COc1ccc(N(C)Cc2ccc(CNC(C)C)o2)cc1. The Bertz CT molecular complexity index is 546. The van der Waals surface area contributed by atoms with Crippen molar-refractivity contribution in [1.82, 2.24) is 5.32 Å². The number of furan rings is 1. The zero-order valence-corrected chi connectivity index (χ0v) is 13.2. The second-order valence-corrected chi connectivity index (χ2v) is 5.46. The molecular formula is C17H24N2O2. The maximum Gasteiger partial charge on any atom is 0.123 e. The van der Waals surface area contributed by atoms with E-state index in [-0.39, 0.29) is 0 Å². The van der Waals surface area contributed by atoms with Gasteiger partial charge in [-0.05, 0) is 36.4 Å². The van der Waals surface area contributed by atoms with Crippen LogP contribution in [0.4, 0.5) is 5.69 Å². The fraction of sp³-hybridized carbons (Fsp3) is 0.412. The summed E-state index contributed by atoms with van der Waals surface area (Å²) in [6.07, 6.45) is 0. The molecule has 0 aliphatic carbocycles. The van der Waals surface area contributed by atoms with Gasteiger partial charge in [0.1, 0.15) is 17.3 Å². The lowest BCUT2D eigenvalue weighted by Crippen LogP contribution is -2.21. The molecule has 0 bridgehead atoms. The molecule has 1 heterocycles. The molecule has 4 heteroatoms. The van der Waals surface area contributed by atoms with Crippen molar-refractivity contribution in [3.8, 4) is 5.75 Å². The third-order valence-electron chi connectivity index (χ3n) is 3.31. The normalized spacial score (nSPS) is 10.9. The molecule has 0 saturated heterocycles. The minimum atomic E-state index is 0.459. The lowest BCUT2D eigenvalue weighted by molar-refractivity contribution is 0.414. The van der Waals surface area contributed by atoms with Crippen molar-refractivity contribution in [1.29, 1.82) is 0 Å². The molecule has 1 aromatic heterocycles. The van der Waals surface area contributed by atoms with Gasteiger partial charge in [-0.2, -0.15) is 0 Å². The molecule has 0 unspecified atom stereocenters. The van der Waals surface area contributed by atoms with Crippen LogP contribution in [0.15, 0.2) is 40.8 Å². The lowest BCUT2D eigenvalue weighted by atomic mass is 10.2. The molecule has 0 aliphatic rings. The lowest BCUT2D eigenvalue weighted by Gasteiger charge is -2.18. The topological polar surface area (TPSA) is 37.6 Å². The van der Waals surface area contributed by atoms with E-state index in [0.717, 1.165) is 36.0 Å². The van der Waals surface area contributed by atoms with Gasteiger partial charge in [-0.1, -0.05) is 13.8 Å². The predicted octanol–water partition coefficient (Wildman–Crippen LogP) is 3.42. The zero-order valence-electron chi connectivity index (χ0n) is 13.2. The van der Waals surface area contributed by atoms with Gasteiger partial charge in [0.2, 0.25) is 0 Å². The van der Waals surface area contributed by atoms with Crippen molar-refractivity contribution in [2.24, 2.45) is 0 Å². The molecule has 1 N–H and O–H groups in total. The van der Waals surface area contributed by atoms with Crippen LogP contribution in [0.25, 0.3) is 0 Å². The quantitative estimate of drug-likeness (QED) is 0.847. The third kappa shape index (κ3) is 4.53. The average molecular weight is 288 g/mol. The monoisotopic (exact) mass is 288 g/mol. The predicted molar refractivity (Wildman–Crippen MR) is 85.8 cm³/mol. The second-order valence-electron chi connectivity index (χ2n) is 5.46. The van der Waals surface area contributed by atoms with E-state index in [1.807, 2.05) is 36.4 Å². The molecule has 0 amide bonds. The average Bonchev–Trinajstić information content (AvgIpc) is 2.92. The van der Waals surface area contributed by atoms with E-state index in [9.17, 15) is 0 Å². The van der Waals surface area contributed by atoms with Crippen LogP contribution in [0.5, 0.6) is 5.75 Å². The Balaban J connectivity index is 1.93. The molecule has 2 aromatic rings. The number of anilines is 1. The van der Waals surface area contributed by atoms with E-state index >= 15 is 0 Å². The number of nitrogens with one attached hydrogen (secondary N) is 1. The van der Waals surface area contributed by atoms with Gasteiger partial charge in [0, 0.05) is 18.8 Å². The minimum absolute atomic E-state index is 0.459. The fourth-order valence-corrected chi connectivity index (χ4v) is 2.07. The largest absolute Gasteiger partial charge is 0.497 e. The third-order valence-corrected chi connectivity index (χ3v) is 3.31. The molecule has 2 rings (SSSR count). The first-order valence-corrected chi connectivity index (χ1v) is 7.24. The van der Waals surface area contributed by atoms with Crippen LogP contribution in [0, 0.1) is 0 Å². The molecule has 21 heavy (non-hydrogen) atoms. The molecular weight excluding hydrogens is 264 g/mol. The number of hydrogen-bond acceptors (Lipinski definition) is 4. The summed E-state index contributed by atoms with van der Waals surface area (Å²) < 4.78 is 11.0. The molecule has 0 spiro atoms. The zero-order chi connectivity index (χ0) is 15.2. The number of hydrogen-bond donors (Lipinski definition) is 1. The van der Waals surface area contributed by atoms with E-state index in [1.165, 1.54) is 0 Å². The van der Waals surface area contributed by atoms with Gasteiger partial charge < -0.3 is 19.4 Å². The minimum Gasteiger partial charge on any atom is -0.497 e. The Kier molecular flexibility index (Phi) is 5.28. The summed E-state index contributed by atoms with van der Waals surface area (Å²) in [5, 5.41) is 3.35. The summed E-state index contributed by atoms with van der Waals surface area (Å²) in [6.45, 7) is 5.76. The Labute approximate surface area is 126 Å². The highest BCUT2D eigenvalue weighted by atomic mass is 16.5. The first kappa shape index (κ1) is 15.4. The van der Waals surface area contributed by atoms with Crippen LogP contribution in [-0.4, -0.2) is 20.2 Å². The van der Waals surface area contributed by atoms with Gasteiger partial charge in [0.15, 0.2) is 0 Å². The first-order chi connectivity index (χ1) is 10.1. The molecule has 114 valence electrons. The van der Waals surface area contributed by atoms with Crippen molar-refractivity contribution < 1.29 is 9.15 Å². The van der Waals surface area contributed by atoms with Crippen LogP contribution < -0.4 is 15.0 Å². The number of benzene rings is 1. The summed E-state index contributed by atoms with van der Waals surface area (Å²) >= 11 is 0. The summed E-state index contributed by atoms with van der Waals surface area (Å²) in [5.41, 5.74) is 1.13. The highest BCUT2D eigenvalue weighted by Crippen LogP contribution is 2.20. The Morgan fingerprint density at radius 3 is 2.38 bits per heavy atom. The first-order valence-electron chi connectivity index (χ1n) is 7.24. The van der Waals surface area contributed by atoms with Gasteiger partial charge in [-0.3, -0.25) is 0 Å². The highest BCUT2D eigenvalue weighted by molar-refractivity contribution is 5.48. The fourth-order valence-electron chi connectivity index (χ4n) is 2.07. The van der Waals surface area contributed by atoms with Gasteiger partial charge in [0.25, 0.3) is 0 Å². The smallest absolute Gasteiger partial charge is 0.123 e. The summed E-state index contributed by atoms with van der Waals surface area (Å²) in [6, 6.07) is 12.5. The molecule has 0 atom stereocenters. The number of methoxy groups -OCH3 is 1. The number of rotatable bonds is 7. The maximum absolute atomic E-state index is 5.84. The molecule has 0 aliphatic heterocycles. The van der Waals surface area contributed by atoms with Crippen molar-refractivity contribution in [2.45, 2.75) is 33.0 Å². The van der Waals surface area contributed by atoms with Crippen molar-refractivity contribution in [2.75, 3.05) is 19.1 Å². The van der Waals surface area contributed by atoms with Crippen molar-refractivity contribution in [3.63, 3.8) is 0 Å². The number of ether oxygens (including phenoxy) is 1. The van der Waals surface area contributed by atoms with Crippen LogP contribution in [0.3, 0.4) is 0 Å². The van der Waals surface area contributed by atoms with Crippen molar-refractivity contribution in [3.05, 3.63) is 47.9 Å². The van der Waals surface area contributed by atoms with E-state index in [0.29, 0.717) is 6.04 Å². The van der Waals surface area contributed by atoms with Gasteiger partial charge in [0.05, 0.1) is 20.2 Å². The van der Waals surface area contributed by atoms with Gasteiger partial charge >= 0.3 is 0 Å². The van der Waals surface area contributed by atoms with E-state index in [4.69, 9.17) is 9.15 Å². The summed E-state index contributed by atoms with van der Waals surface area (Å²) in [7, 11) is 3.73. The molecule has 0 radical (unpaired) electrons. The molecule has 4 nitrogen and oxygen atoms in total. The van der Waals surface area contributed by atoms with Gasteiger partial charge in [-0.25, -0.2) is 0 Å². The van der Waals surface area contributed by atoms with E-state index in [1.54, 1.807) is 7.11 Å². The Morgan fingerprint density at radius 2 is 1.76 bits per heavy atom. The Morgan fingerprint density at radius 1 is 1.10 bits per heavy atom. The highest BCUT2D eigenvalue weighted by Gasteiger charge is 2.07. The molecule has 1 aromatic carbocycles. The van der Waals surface area contributed by atoms with Crippen molar-refractivity contribution >= 4 is 5.69 Å². The van der Waals surface area contributed by atoms with Gasteiger partial charge in [-0.15, -0.1) is 0 Å².